The van der Waals surface area contributed by atoms with Crippen molar-refractivity contribution in [2.45, 2.75) is 6.92 Å². The van der Waals surface area contributed by atoms with Crippen LogP contribution in [-0.2, 0) is 0 Å². The van der Waals surface area contributed by atoms with Gasteiger partial charge < -0.3 is 0 Å². The van der Waals surface area contributed by atoms with Crippen LogP contribution in [0.1, 0.15) is 6.92 Å². The quantitative estimate of drug-likeness (QED) is 0.642. The van der Waals surface area contributed by atoms with Gasteiger partial charge in [-0.1, -0.05) is 65.5 Å². The Balaban J connectivity index is 5.23. The molecule has 0 spiro atoms. The summed E-state index contributed by atoms with van der Waals surface area (Å²) in [5.41, 5.74) is 1.54. The molecule has 0 aromatic rings. The SMILES string of the molecule is C=CC(=C)/C(C(=C)Cl)=C(Br)\C=C/C. The van der Waals surface area contributed by atoms with E-state index in [-0.39, 0.29) is 0 Å². The van der Waals surface area contributed by atoms with Crippen LogP contribution in [0.2, 0.25) is 0 Å². The van der Waals surface area contributed by atoms with E-state index in [1.807, 2.05) is 19.1 Å². The molecule has 0 saturated heterocycles. The third-order valence-corrected chi connectivity index (χ3v) is 2.24. The molecule has 70 valence electrons. The van der Waals surface area contributed by atoms with Gasteiger partial charge in [-0.3, -0.25) is 0 Å². The first-order valence-corrected chi connectivity index (χ1v) is 4.90. The Morgan fingerprint density at radius 2 is 1.92 bits per heavy atom. The molecule has 0 aliphatic heterocycles. The van der Waals surface area contributed by atoms with Gasteiger partial charge in [-0.2, -0.15) is 0 Å². The Labute approximate surface area is 93.1 Å². The van der Waals surface area contributed by atoms with Crippen LogP contribution in [0.3, 0.4) is 0 Å². The average Bonchev–Trinajstić information content (AvgIpc) is 2.04. The van der Waals surface area contributed by atoms with Crippen molar-refractivity contribution in [2.24, 2.45) is 0 Å². The van der Waals surface area contributed by atoms with Crippen molar-refractivity contribution in [2.75, 3.05) is 0 Å². The fourth-order valence-electron chi connectivity index (χ4n) is 0.789. The zero-order valence-electron chi connectivity index (χ0n) is 7.61. The van der Waals surface area contributed by atoms with Gasteiger partial charge in [0.05, 0.1) is 0 Å². The summed E-state index contributed by atoms with van der Waals surface area (Å²) in [5, 5.41) is 0.454. The fraction of sp³-hybridized carbons (Fsp3) is 0.0909. The number of halogens is 2. The van der Waals surface area contributed by atoms with Gasteiger partial charge in [-0.05, 0) is 12.5 Å². The minimum absolute atomic E-state index is 0.454. The van der Waals surface area contributed by atoms with Crippen LogP contribution < -0.4 is 0 Å². The smallest absolute Gasteiger partial charge is 0.0423 e. The van der Waals surface area contributed by atoms with Gasteiger partial charge in [0, 0.05) is 15.1 Å². The van der Waals surface area contributed by atoms with Gasteiger partial charge in [0.1, 0.15) is 0 Å². The van der Waals surface area contributed by atoms with Crippen molar-refractivity contribution < 1.29 is 0 Å². The second-order valence-electron chi connectivity index (χ2n) is 2.36. The lowest BCUT2D eigenvalue weighted by Gasteiger charge is -2.06. The summed E-state index contributed by atoms with van der Waals surface area (Å²) in [6, 6.07) is 0. The summed E-state index contributed by atoms with van der Waals surface area (Å²) in [6.45, 7) is 13.0. The van der Waals surface area contributed by atoms with Crippen molar-refractivity contribution in [3.05, 3.63) is 58.6 Å². The molecule has 0 saturated carbocycles. The van der Waals surface area contributed by atoms with E-state index in [1.165, 1.54) is 0 Å². The molecule has 0 amide bonds. The van der Waals surface area contributed by atoms with Gasteiger partial charge in [0.25, 0.3) is 0 Å². The lowest BCUT2D eigenvalue weighted by molar-refractivity contribution is 1.54. The second-order valence-corrected chi connectivity index (χ2v) is 3.67. The third-order valence-electron chi connectivity index (χ3n) is 1.39. The van der Waals surface area contributed by atoms with Crippen LogP contribution in [0.15, 0.2) is 58.6 Å². The maximum Gasteiger partial charge on any atom is 0.0423 e. The van der Waals surface area contributed by atoms with Crippen LogP contribution in [0.5, 0.6) is 0 Å². The molecule has 0 aromatic heterocycles. The predicted molar refractivity (Wildman–Crippen MR) is 65.1 cm³/mol. The zero-order chi connectivity index (χ0) is 10.4. The van der Waals surface area contributed by atoms with Crippen molar-refractivity contribution in [1.82, 2.24) is 0 Å². The molecular weight excluding hydrogens is 247 g/mol. The van der Waals surface area contributed by atoms with E-state index in [0.717, 1.165) is 15.6 Å². The van der Waals surface area contributed by atoms with E-state index in [2.05, 4.69) is 35.7 Å². The predicted octanol–water partition coefficient (Wildman–Crippen LogP) is 4.71. The number of rotatable bonds is 4. The molecule has 0 fully saturated rings. The maximum atomic E-state index is 5.82. The van der Waals surface area contributed by atoms with Gasteiger partial charge in [0.2, 0.25) is 0 Å². The molecule has 0 N–H and O–H groups in total. The van der Waals surface area contributed by atoms with E-state index >= 15 is 0 Å². The Hall–Kier alpha value is -0.530. The van der Waals surface area contributed by atoms with Crippen molar-refractivity contribution in [3.63, 3.8) is 0 Å². The summed E-state index contributed by atoms with van der Waals surface area (Å²) < 4.78 is 0.861. The Bertz CT molecular complexity index is 295. The van der Waals surface area contributed by atoms with E-state index < -0.39 is 0 Å². The summed E-state index contributed by atoms with van der Waals surface area (Å²) in [6.07, 6.45) is 5.44. The molecule has 0 rings (SSSR count). The molecule has 13 heavy (non-hydrogen) atoms. The molecule has 2 heteroatoms. The van der Waals surface area contributed by atoms with E-state index in [1.54, 1.807) is 6.08 Å². The first-order chi connectivity index (χ1) is 6.04. The highest BCUT2D eigenvalue weighted by Crippen LogP contribution is 2.28. The second kappa shape index (κ2) is 6.01. The minimum Gasteiger partial charge on any atom is -0.0985 e. The summed E-state index contributed by atoms with van der Waals surface area (Å²) >= 11 is 9.21. The molecule has 0 aromatic carbocycles. The first-order valence-electron chi connectivity index (χ1n) is 3.73. The van der Waals surface area contributed by atoms with Gasteiger partial charge >= 0.3 is 0 Å². The van der Waals surface area contributed by atoms with Crippen LogP contribution in [0.4, 0.5) is 0 Å². The fourth-order valence-corrected chi connectivity index (χ4v) is 1.88. The standard InChI is InChI=1S/C11H12BrCl/c1-5-7-10(12)11(9(4)13)8(3)6-2/h5-7H,2-4H2,1H3/b7-5-,11-10-. The average molecular weight is 260 g/mol. The van der Waals surface area contributed by atoms with Crippen LogP contribution in [-0.4, -0.2) is 0 Å². The summed E-state index contributed by atoms with van der Waals surface area (Å²) in [4.78, 5) is 0. The number of hydrogen-bond acceptors (Lipinski definition) is 0. The highest BCUT2D eigenvalue weighted by molar-refractivity contribution is 9.11. The Morgan fingerprint density at radius 3 is 2.23 bits per heavy atom. The van der Waals surface area contributed by atoms with Gasteiger partial charge in [0.15, 0.2) is 0 Å². The van der Waals surface area contributed by atoms with E-state index in [0.29, 0.717) is 5.03 Å². The van der Waals surface area contributed by atoms with Crippen LogP contribution >= 0.6 is 27.5 Å². The lowest BCUT2D eigenvalue weighted by Crippen LogP contribution is -1.86. The van der Waals surface area contributed by atoms with Crippen molar-refractivity contribution in [3.8, 4) is 0 Å². The normalized spacial score (nSPS) is 12.5. The zero-order valence-corrected chi connectivity index (χ0v) is 9.95. The lowest BCUT2D eigenvalue weighted by atomic mass is 10.1. The Morgan fingerprint density at radius 1 is 1.38 bits per heavy atom. The maximum absolute atomic E-state index is 5.82. The molecule has 0 radical (unpaired) electrons. The molecule has 0 heterocycles. The molecule has 0 bridgehead atoms. The highest BCUT2D eigenvalue weighted by Gasteiger charge is 2.06. The highest BCUT2D eigenvalue weighted by atomic mass is 79.9. The topological polar surface area (TPSA) is 0 Å². The molecule has 0 atom stereocenters. The molecule has 0 nitrogen and oxygen atoms in total. The minimum atomic E-state index is 0.454. The number of hydrogen-bond donors (Lipinski definition) is 0. The molecule has 0 aliphatic carbocycles. The summed E-state index contributed by atoms with van der Waals surface area (Å²) in [7, 11) is 0. The van der Waals surface area contributed by atoms with Crippen LogP contribution in [0, 0.1) is 0 Å². The van der Waals surface area contributed by atoms with Gasteiger partial charge in [-0.15, -0.1) is 0 Å². The summed E-state index contributed by atoms with van der Waals surface area (Å²) in [5.74, 6) is 0. The largest absolute Gasteiger partial charge is 0.0985 e. The van der Waals surface area contributed by atoms with Gasteiger partial charge in [-0.25, -0.2) is 0 Å². The van der Waals surface area contributed by atoms with E-state index in [4.69, 9.17) is 11.6 Å². The molecule has 0 unspecified atom stereocenters. The number of allylic oxidation sites excluding steroid dienone is 7. The van der Waals surface area contributed by atoms with E-state index in [9.17, 15) is 0 Å². The van der Waals surface area contributed by atoms with Crippen molar-refractivity contribution in [1.29, 1.82) is 0 Å². The molecule has 0 aliphatic rings. The Kier molecular flexibility index (Phi) is 5.76. The van der Waals surface area contributed by atoms with Crippen LogP contribution in [0.25, 0.3) is 0 Å². The third kappa shape index (κ3) is 3.79. The van der Waals surface area contributed by atoms with Crippen molar-refractivity contribution >= 4 is 27.5 Å². The molecular formula is C11H12BrCl. The first kappa shape index (κ1) is 12.5. The monoisotopic (exact) mass is 258 g/mol.